The number of likely N-dealkylation sites (N-methyl/N-ethyl adjacent to an activating group) is 1. The highest BCUT2D eigenvalue weighted by Crippen LogP contribution is 2.36. The minimum atomic E-state index is -0.650. The third-order valence-corrected chi connectivity index (χ3v) is 5.71. The van der Waals surface area contributed by atoms with E-state index in [9.17, 15) is 4.79 Å². The maximum Gasteiger partial charge on any atom is 0.497 e. The Bertz CT molecular complexity index is 686. The molecule has 0 amide bonds. The van der Waals surface area contributed by atoms with Crippen molar-refractivity contribution in [1.29, 1.82) is 0 Å². The Morgan fingerprint density at radius 2 is 1.74 bits per heavy atom. The molecule has 0 radical (unpaired) electrons. The molecule has 148 valence electrons. The number of nitrogens with zero attached hydrogens (tertiary/aromatic N) is 3. The quantitative estimate of drug-likeness (QED) is 0.581. The minimum absolute atomic E-state index is 0.270. The molecule has 2 saturated heterocycles. The van der Waals surface area contributed by atoms with Crippen LogP contribution in [0.2, 0.25) is 0 Å². The van der Waals surface area contributed by atoms with Crippen molar-refractivity contribution in [2.45, 2.75) is 45.8 Å². The van der Waals surface area contributed by atoms with Crippen molar-refractivity contribution in [3.63, 3.8) is 0 Å². The molecule has 0 atom stereocenters. The van der Waals surface area contributed by atoms with Crippen LogP contribution in [0, 0.1) is 0 Å². The van der Waals surface area contributed by atoms with Gasteiger partial charge >= 0.3 is 13.1 Å². The molecule has 0 N–H and O–H groups in total. The molecule has 3 heterocycles. The smallest absolute Gasteiger partial charge is 0.461 e. The van der Waals surface area contributed by atoms with Crippen LogP contribution in [0.5, 0.6) is 0 Å². The van der Waals surface area contributed by atoms with Gasteiger partial charge in [0.15, 0.2) is 5.69 Å². The summed E-state index contributed by atoms with van der Waals surface area (Å²) in [6.45, 7) is 13.7. The van der Waals surface area contributed by atoms with Gasteiger partial charge in [0.1, 0.15) is 5.82 Å². The van der Waals surface area contributed by atoms with Crippen LogP contribution in [0.1, 0.15) is 45.1 Å². The van der Waals surface area contributed by atoms with Gasteiger partial charge in [0.2, 0.25) is 0 Å². The molecule has 7 nitrogen and oxygen atoms in total. The Morgan fingerprint density at radius 3 is 2.30 bits per heavy atom. The minimum Gasteiger partial charge on any atom is -0.461 e. The highest BCUT2D eigenvalue weighted by Gasteiger charge is 2.52. The van der Waals surface area contributed by atoms with Crippen LogP contribution in [0.25, 0.3) is 0 Å². The summed E-state index contributed by atoms with van der Waals surface area (Å²) in [5, 5.41) is 0. The molecular weight excluding hydrogens is 345 g/mol. The molecule has 0 saturated carbocycles. The first-order valence-corrected chi connectivity index (χ1v) is 9.62. The number of esters is 1. The Kier molecular flexibility index (Phi) is 5.52. The Balaban J connectivity index is 1.93. The van der Waals surface area contributed by atoms with Crippen molar-refractivity contribution in [1.82, 2.24) is 9.88 Å². The lowest BCUT2D eigenvalue weighted by atomic mass is 9.77. The molecule has 3 rings (SSSR count). The first-order chi connectivity index (χ1) is 12.6. The summed E-state index contributed by atoms with van der Waals surface area (Å²) in [6, 6.07) is 3.82. The highest BCUT2D eigenvalue weighted by molar-refractivity contribution is 6.63. The lowest BCUT2D eigenvalue weighted by Gasteiger charge is -2.33. The van der Waals surface area contributed by atoms with Crippen LogP contribution in [-0.2, 0) is 14.0 Å². The van der Waals surface area contributed by atoms with E-state index >= 15 is 0 Å². The number of aromatic nitrogens is 1. The molecule has 1 aromatic heterocycles. The Labute approximate surface area is 162 Å². The summed E-state index contributed by atoms with van der Waals surface area (Å²) in [7, 11) is 1.46. The van der Waals surface area contributed by atoms with Gasteiger partial charge in [-0.05, 0) is 47.7 Å². The number of hydrogen-bond donors (Lipinski definition) is 0. The topological polar surface area (TPSA) is 64.1 Å². The number of ether oxygens (including phenoxy) is 1. The zero-order valence-electron chi connectivity index (χ0n) is 17.2. The number of rotatable bonds is 4. The van der Waals surface area contributed by atoms with E-state index in [1.807, 2.05) is 39.8 Å². The SMILES string of the molecule is CCOC(=O)c1nc(N2CCN(C)CC2)ccc1B1OC(C)(C)C(C)(C)O1. The predicted octanol–water partition coefficient (Wildman–Crippen LogP) is 1.31. The number of carbonyl (C=O) groups is 1. The van der Waals surface area contributed by atoms with E-state index in [4.69, 9.17) is 14.0 Å². The third-order valence-electron chi connectivity index (χ3n) is 5.71. The van der Waals surface area contributed by atoms with E-state index < -0.39 is 24.3 Å². The molecule has 0 bridgehead atoms. The van der Waals surface area contributed by atoms with E-state index in [0.717, 1.165) is 32.0 Å². The molecule has 2 aliphatic heterocycles. The van der Waals surface area contributed by atoms with Gasteiger partial charge in [0, 0.05) is 31.6 Å². The monoisotopic (exact) mass is 375 g/mol. The maximum absolute atomic E-state index is 12.6. The number of hydrogen-bond acceptors (Lipinski definition) is 7. The molecule has 1 aromatic rings. The lowest BCUT2D eigenvalue weighted by molar-refractivity contribution is 0.00578. The largest absolute Gasteiger partial charge is 0.497 e. The molecule has 2 fully saturated rings. The molecule has 27 heavy (non-hydrogen) atoms. The van der Waals surface area contributed by atoms with Gasteiger partial charge in [0.25, 0.3) is 0 Å². The van der Waals surface area contributed by atoms with Crippen molar-refractivity contribution < 1.29 is 18.8 Å². The number of anilines is 1. The standard InChI is InChI=1S/C19H30BN3O4/c1-7-25-17(24)16-14(20-26-18(2,3)19(4,5)27-20)8-9-15(21-16)23-12-10-22(6)11-13-23/h8-9H,7,10-13H2,1-6H3. The number of piperazine rings is 1. The summed E-state index contributed by atoms with van der Waals surface area (Å²) in [5.41, 5.74) is -0.0869. The Hall–Kier alpha value is -1.64. The first kappa shape index (κ1) is 20.1. The zero-order chi connectivity index (χ0) is 19.8. The van der Waals surface area contributed by atoms with E-state index in [1.54, 1.807) is 6.92 Å². The van der Waals surface area contributed by atoms with Crippen molar-refractivity contribution in [3.8, 4) is 0 Å². The summed E-state index contributed by atoms with van der Waals surface area (Å²) < 4.78 is 17.5. The molecular formula is C19H30BN3O4. The second-order valence-corrected chi connectivity index (χ2v) is 8.21. The summed E-state index contributed by atoms with van der Waals surface area (Å²) in [5.74, 6) is 0.338. The van der Waals surface area contributed by atoms with Gasteiger partial charge in [-0.1, -0.05) is 6.07 Å². The van der Waals surface area contributed by atoms with Crippen LogP contribution in [0.15, 0.2) is 12.1 Å². The van der Waals surface area contributed by atoms with Gasteiger partial charge in [0.05, 0.1) is 17.8 Å². The second-order valence-electron chi connectivity index (χ2n) is 8.21. The zero-order valence-corrected chi connectivity index (χ0v) is 17.2. The average molecular weight is 375 g/mol. The van der Waals surface area contributed by atoms with Gasteiger partial charge in [-0.25, -0.2) is 9.78 Å². The van der Waals surface area contributed by atoms with E-state index in [2.05, 4.69) is 21.8 Å². The van der Waals surface area contributed by atoms with Crippen LogP contribution in [0.4, 0.5) is 5.82 Å². The average Bonchev–Trinajstić information content (AvgIpc) is 2.83. The first-order valence-electron chi connectivity index (χ1n) is 9.62. The number of carbonyl (C=O) groups excluding carboxylic acids is 1. The molecule has 0 unspecified atom stereocenters. The van der Waals surface area contributed by atoms with Crippen LogP contribution in [0.3, 0.4) is 0 Å². The fourth-order valence-electron chi connectivity index (χ4n) is 3.19. The summed E-state index contributed by atoms with van der Waals surface area (Å²) >= 11 is 0. The lowest BCUT2D eigenvalue weighted by Crippen LogP contribution is -2.45. The van der Waals surface area contributed by atoms with Gasteiger partial charge in [-0.3, -0.25) is 0 Å². The van der Waals surface area contributed by atoms with Crippen LogP contribution >= 0.6 is 0 Å². The van der Waals surface area contributed by atoms with Crippen molar-refractivity contribution in [3.05, 3.63) is 17.8 Å². The summed E-state index contributed by atoms with van der Waals surface area (Å²) in [6.07, 6.45) is 0. The molecule has 0 spiro atoms. The van der Waals surface area contributed by atoms with Gasteiger partial charge < -0.3 is 23.8 Å². The molecule has 8 heteroatoms. The van der Waals surface area contributed by atoms with Gasteiger partial charge in [-0.15, -0.1) is 0 Å². The fraction of sp³-hybridized carbons (Fsp3) is 0.684. The summed E-state index contributed by atoms with van der Waals surface area (Å²) in [4.78, 5) is 21.7. The van der Waals surface area contributed by atoms with Crippen LogP contribution < -0.4 is 10.4 Å². The Morgan fingerprint density at radius 1 is 1.15 bits per heavy atom. The van der Waals surface area contributed by atoms with Crippen molar-refractivity contribution >= 4 is 24.4 Å². The van der Waals surface area contributed by atoms with Crippen LogP contribution in [-0.4, -0.2) is 74.0 Å². The van der Waals surface area contributed by atoms with E-state index in [-0.39, 0.29) is 5.69 Å². The maximum atomic E-state index is 12.6. The van der Waals surface area contributed by atoms with E-state index in [1.165, 1.54) is 0 Å². The molecule has 0 aromatic carbocycles. The normalized spacial score (nSPS) is 22.1. The predicted molar refractivity (Wildman–Crippen MR) is 106 cm³/mol. The number of pyridine rings is 1. The molecule has 0 aliphatic carbocycles. The van der Waals surface area contributed by atoms with Gasteiger partial charge in [-0.2, -0.15) is 0 Å². The van der Waals surface area contributed by atoms with Crippen molar-refractivity contribution in [2.24, 2.45) is 0 Å². The second kappa shape index (κ2) is 7.41. The van der Waals surface area contributed by atoms with Crippen molar-refractivity contribution in [2.75, 3.05) is 44.7 Å². The fourth-order valence-corrected chi connectivity index (χ4v) is 3.19. The van der Waals surface area contributed by atoms with E-state index in [0.29, 0.717) is 12.1 Å². The highest BCUT2D eigenvalue weighted by atomic mass is 16.7. The molecule has 2 aliphatic rings. The third kappa shape index (κ3) is 3.98.